The number of carbonyl (C=O) groups is 2. The third-order valence-corrected chi connectivity index (χ3v) is 3.17. The second-order valence-electron chi connectivity index (χ2n) is 4.89. The number of para-hydroxylation sites is 1. The van der Waals surface area contributed by atoms with Gasteiger partial charge in [0.1, 0.15) is 5.75 Å². The molecular weight excluding hydrogens is 316 g/mol. The summed E-state index contributed by atoms with van der Waals surface area (Å²) in [7, 11) is 0. The van der Waals surface area contributed by atoms with Crippen molar-refractivity contribution in [1.29, 1.82) is 0 Å². The van der Waals surface area contributed by atoms with E-state index >= 15 is 0 Å². The molecule has 24 heavy (non-hydrogen) atoms. The Hall–Kier alpha value is -3.42. The summed E-state index contributed by atoms with van der Waals surface area (Å²) in [4.78, 5) is 33.2. The fourth-order valence-corrected chi connectivity index (χ4v) is 2.04. The first-order chi connectivity index (χ1) is 11.4. The van der Waals surface area contributed by atoms with Crippen molar-refractivity contribution in [3.8, 4) is 5.75 Å². The molecule has 2 aromatic rings. The number of carboxylic acid groups (broad SMARTS) is 1. The van der Waals surface area contributed by atoms with Crippen LogP contribution >= 0.6 is 0 Å². The largest absolute Gasteiger partial charge is 0.484 e. The van der Waals surface area contributed by atoms with Gasteiger partial charge in [0.25, 0.3) is 11.6 Å². The van der Waals surface area contributed by atoms with E-state index in [9.17, 15) is 19.7 Å². The van der Waals surface area contributed by atoms with Crippen molar-refractivity contribution in [3.05, 3.63) is 63.7 Å². The van der Waals surface area contributed by atoms with Crippen LogP contribution in [0.15, 0.2) is 42.5 Å². The second kappa shape index (κ2) is 7.23. The Kier molecular flexibility index (Phi) is 5.10. The summed E-state index contributed by atoms with van der Waals surface area (Å²) in [6, 6.07) is 10.1. The number of anilines is 1. The molecule has 0 aromatic heterocycles. The molecule has 0 saturated heterocycles. The Balaban J connectivity index is 2.00. The molecule has 0 atom stereocenters. The number of nitrogens with one attached hydrogen (secondary N) is 1. The minimum atomic E-state index is -1.15. The number of carboxylic acids is 1. The molecule has 1 amide bonds. The SMILES string of the molecule is Cc1cc(OCC(=O)Nc2ccccc2C(=O)O)ccc1[N+](=O)[O-]. The molecule has 0 aliphatic rings. The maximum atomic E-state index is 11.9. The number of aryl methyl sites for hydroxylation is 1. The number of aromatic carboxylic acids is 1. The van der Waals surface area contributed by atoms with Gasteiger partial charge in [-0.3, -0.25) is 14.9 Å². The van der Waals surface area contributed by atoms with Crippen LogP contribution < -0.4 is 10.1 Å². The van der Waals surface area contributed by atoms with Gasteiger partial charge in [0, 0.05) is 11.6 Å². The Labute approximate surface area is 136 Å². The molecule has 8 heteroatoms. The number of hydrogen-bond acceptors (Lipinski definition) is 5. The van der Waals surface area contributed by atoms with Crippen LogP contribution in [0, 0.1) is 17.0 Å². The second-order valence-corrected chi connectivity index (χ2v) is 4.89. The van der Waals surface area contributed by atoms with Gasteiger partial charge in [-0.2, -0.15) is 0 Å². The van der Waals surface area contributed by atoms with Crippen molar-refractivity contribution in [1.82, 2.24) is 0 Å². The zero-order valence-corrected chi connectivity index (χ0v) is 12.7. The standard InChI is InChI=1S/C16H14N2O6/c1-10-8-11(6-7-14(10)18(22)23)24-9-15(19)17-13-5-3-2-4-12(13)16(20)21/h2-8H,9H2,1H3,(H,17,19)(H,20,21). The normalized spacial score (nSPS) is 10.0. The Morgan fingerprint density at radius 1 is 1.25 bits per heavy atom. The summed E-state index contributed by atoms with van der Waals surface area (Å²) in [6.07, 6.45) is 0. The minimum Gasteiger partial charge on any atom is -0.484 e. The summed E-state index contributed by atoms with van der Waals surface area (Å²) in [5.41, 5.74) is 0.506. The summed E-state index contributed by atoms with van der Waals surface area (Å²) >= 11 is 0. The predicted octanol–water partition coefficient (Wildman–Crippen LogP) is 2.62. The zero-order chi connectivity index (χ0) is 17.7. The van der Waals surface area contributed by atoms with Gasteiger partial charge in [-0.05, 0) is 31.2 Å². The number of benzene rings is 2. The van der Waals surface area contributed by atoms with E-state index in [0.29, 0.717) is 11.3 Å². The highest BCUT2D eigenvalue weighted by Crippen LogP contribution is 2.23. The quantitative estimate of drug-likeness (QED) is 0.621. The van der Waals surface area contributed by atoms with E-state index in [1.165, 1.54) is 30.3 Å². The van der Waals surface area contributed by atoms with Crippen molar-refractivity contribution >= 4 is 23.3 Å². The number of nitrogens with zero attached hydrogens (tertiary/aromatic N) is 1. The lowest BCUT2D eigenvalue weighted by molar-refractivity contribution is -0.385. The van der Waals surface area contributed by atoms with Crippen molar-refractivity contribution in [3.63, 3.8) is 0 Å². The molecule has 0 bridgehead atoms. The topological polar surface area (TPSA) is 119 Å². The lowest BCUT2D eigenvalue weighted by Gasteiger charge is -2.10. The summed E-state index contributed by atoms with van der Waals surface area (Å²) in [5, 5.41) is 22.2. The molecule has 2 N–H and O–H groups in total. The summed E-state index contributed by atoms with van der Waals surface area (Å²) < 4.78 is 5.27. The molecule has 0 unspecified atom stereocenters. The van der Waals surface area contributed by atoms with Crippen molar-refractivity contribution < 1.29 is 24.4 Å². The van der Waals surface area contributed by atoms with Gasteiger partial charge in [-0.1, -0.05) is 12.1 Å². The number of nitro groups is 1. The number of rotatable bonds is 6. The van der Waals surface area contributed by atoms with E-state index in [4.69, 9.17) is 9.84 Å². The highest BCUT2D eigenvalue weighted by molar-refractivity contribution is 6.00. The average Bonchev–Trinajstić information content (AvgIpc) is 2.53. The molecule has 0 saturated carbocycles. The first-order valence-electron chi connectivity index (χ1n) is 6.88. The van der Waals surface area contributed by atoms with Crippen LogP contribution in [-0.2, 0) is 4.79 Å². The van der Waals surface area contributed by atoms with Crippen LogP contribution in [0.4, 0.5) is 11.4 Å². The van der Waals surface area contributed by atoms with E-state index in [1.54, 1.807) is 19.1 Å². The van der Waals surface area contributed by atoms with Gasteiger partial charge >= 0.3 is 5.97 Å². The zero-order valence-electron chi connectivity index (χ0n) is 12.7. The van der Waals surface area contributed by atoms with Gasteiger partial charge in [-0.15, -0.1) is 0 Å². The lowest BCUT2D eigenvalue weighted by atomic mass is 10.2. The van der Waals surface area contributed by atoms with E-state index in [2.05, 4.69) is 5.32 Å². The van der Waals surface area contributed by atoms with Crippen molar-refractivity contribution in [2.75, 3.05) is 11.9 Å². The van der Waals surface area contributed by atoms with Crippen LogP contribution in [0.2, 0.25) is 0 Å². The van der Waals surface area contributed by atoms with Crippen LogP contribution in [-0.4, -0.2) is 28.5 Å². The Morgan fingerprint density at radius 2 is 1.96 bits per heavy atom. The first-order valence-corrected chi connectivity index (χ1v) is 6.88. The molecule has 0 spiro atoms. The predicted molar refractivity (Wildman–Crippen MR) is 85.4 cm³/mol. The number of carbonyl (C=O) groups excluding carboxylic acids is 1. The van der Waals surface area contributed by atoms with E-state index < -0.39 is 16.8 Å². The number of amides is 1. The third kappa shape index (κ3) is 4.07. The van der Waals surface area contributed by atoms with Gasteiger partial charge in [0.15, 0.2) is 6.61 Å². The molecular formula is C16H14N2O6. The molecule has 0 aliphatic heterocycles. The van der Waals surface area contributed by atoms with Crippen LogP contribution in [0.25, 0.3) is 0 Å². The Bertz CT molecular complexity index is 803. The fourth-order valence-electron chi connectivity index (χ4n) is 2.04. The number of ether oxygens (including phenoxy) is 1. The van der Waals surface area contributed by atoms with Crippen molar-refractivity contribution in [2.45, 2.75) is 6.92 Å². The summed E-state index contributed by atoms with van der Waals surface area (Å²) in [6.45, 7) is 1.21. The highest BCUT2D eigenvalue weighted by Gasteiger charge is 2.13. The Morgan fingerprint density at radius 3 is 2.58 bits per heavy atom. The van der Waals surface area contributed by atoms with E-state index in [-0.39, 0.29) is 23.5 Å². The molecule has 0 aliphatic carbocycles. The lowest BCUT2D eigenvalue weighted by Crippen LogP contribution is -2.21. The maximum Gasteiger partial charge on any atom is 0.337 e. The van der Waals surface area contributed by atoms with Crippen LogP contribution in [0.3, 0.4) is 0 Å². The third-order valence-electron chi connectivity index (χ3n) is 3.17. The maximum absolute atomic E-state index is 11.9. The molecule has 0 heterocycles. The number of nitro benzene ring substituents is 1. The van der Waals surface area contributed by atoms with Gasteiger partial charge in [0.2, 0.25) is 0 Å². The fraction of sp³-hybridized carbons (Fsp3) is 0.125. The average molecular weight is 330 g/mol. The van der Waals surface area contributed by atoms with Crippen molar-refractivity contribution in [2.24, 2.45) is 0 Å². The smallest absolute Gasteiger partial charge is 0.337 e. The van der Waals surface area contributed by atoms with Crippen LogP contribution in [0.1, 0.15) is 15.9 Å². The highest BCUT2D eigenvalue weighted by atomic mass is 16.6. The minimum absolute atomic E-state index is 0.0305. The van der Waals surface area contributed by atoms with Gasteiger partial charge in [-0.25, -0.2) is 4.79 Å². The van der Waals surface area contributed by atoms with Gasteiger partial charge < -0.3 is 15.2 Å². The molecule has 0 radical (unpaired) electrons. The number of hydrogen-bond donors (Lipinski definition) is 2. The molecule has 0 fully saturated rings. The first kappa shape index (κ1) is 16.9. The van der Waals surface area contributed by atoms with E-state index in [0.717, 1.165) is 0 Å². The van der Waals surface area contributed by atoms with E-state index in [1.807, 2.05) is 0 Å². The molecule has 8 nitrogen and oxygen atoms in total. The monoisotopic (exact) mass is 330 g/mol. The molecule has 2 rings (SSSR count). The van der Waals surface area contributed by atoms with Crippen LogP contribution in [0.5, 0.6) is 5.75 Å². The van der Waals surface area contributed by atoms with Gasteiger partial charge in [0.05, 0.1) is 16.2 Å². The molecule has 124 valence electrons. The molecule has 2 aromatic carbocycles. The summed E-state index contributed by atoms with van der Waals surface area (Å²) in [5.74, 6) is -1.39.